The lowest BCUT2D eigenvalue weighted by Crippen LogP contribution is -2.30. The Kier molecular flexibility index (Phi) is 3.13. The lowest BCUT2D eigenvalue weighted by Gasteiger charge is -2.04. The maximum Gasteiger partial charge on any atom is 0.216 e. The van der Waals surface area contributed by atoms with E-state index < -0.39 is 0 Å². The first-order valence-corrected chi connectivity index (χ1v) is 8.81. The number of aryl methyl sites for hydroxylation is 3. The largest absolute Gasteiger partial charge is 0.453 e. The summed E-state index contributed by atoms with van der Waals surface area (Å²) in [5.41, 5.74) is 7.20. The Labute approximate surface area is 151 Å². The van der Waals surface area contributed by atoms with E-state index in [0.29, 0.717) is 0 Å². The highest BCUT2D eigenvalue weighted by atomic mass is 16.3. The van der Waals surface area contributed by atoms with Crippen molar-refractivity contribution in [2.24, 2.45) is 7.05 Å². The molecule has 0 fully saturated rings. The zero-order chi connectivity index (χ0) is 17.8. The van der Waals surface area contributed by atoms with Crippen molar-refractivity contribution < 1.29 is 8.98 Å². The molecule has 5 rings (SSSR count). The van der Waals surface area contributed by atoms with Crippen LogP contribution in [0.25, 0.3) is 44.1 Å². The Bertz CT molecular complexity index is 1310. The third-order valence-electron chi connectivity index (χ3n) is 5.19. The van der Waals surface area contributed by atoms with Crippen LogP contribution in [0.3, 0.4) is 0 Å². The average Bonchev–Trinajstić information content (AvgIpc) is 3.01. The topological polar surface area (TPSA) is 29.9 Å². The van der Waals surface area contributed by atoms with E-state index in [0.717, 1.165) is 49.8 Å². The summed E-state index contributed by atoms with van der Waals surface area (Å²) < 4.78 is 8.60. The van der Waals surface area contributed by atoms with Gasteiger partial charge in [0.15, 0.2) is 17.4 Å². The van der Waals surface area contributed by atoms with Crippen molar-refractivity contribution in [2.75, 3.05) is 0 Å². The van der Waals surface area contributed by atoms with Crippen molar-refractivity contribution in [3.63, 3.8) is 0 Å². The predicted molar refractivity (Wildman–Crippen MR) is 105 cm³/mol. The van der Waals surface area contributed by atoms with E-state index >= 15 is 0 Å². The van der Waals surface area contributed by atoms with Crippen LogP contribution in [0.2, 0.25) is 0 Å². The van der Waals surface area contributed by atoms with Crippen LogP contribution in [0.5, 0.6) is 0 Å². The van der Waals surface area contributed by atoms with Gasteiger partial charge in [-0.1, -0.05) is 30.3 Å². The van der Waals surface area contributed by atoms with Crippen LogP contribution in [0.4, 0.5) is 0 Å². The number of hydrogen-bond donors (Lipinski definition) is 0. The molecule has 3 heterocycles. The fourth-order valence-corrected chi connectivity index (χ4v) is 3.87. The van der Waals surface area contributed by atoms with Crippen LogP contribution in [-0.4, -0.2) is 4.98 Å². The summed E-state index contributed by atoms with van der Waals surface area (Å²) >= 11 is 0. The highest BCUT2D eigenvalue weighted by Crippen LogP contribution is 2.38. The molecule has 0 saturated heterocycles. The van der Waals surface area contributed by atoms with E-state index in [1.54, 1.807) is 0 Å². The molecular weight excluding hydrogens is 320 g/mol. The molecule has 3 heteroatoms. The van der Waals surface area contributed by atoms with Crippen LogP contribution >= 0.6 is 0 Å². The van der Waals surface area contributed by atoms with Crippen molar-refractivity contribution in [3.8, 4) is 11.3 Å². The fourth-order valence-electron chi connectivity index (χ4n) is 3.87. The van der Waals surface area contributed by atoms with Crippen LogP contribution in [-0.2, 0) is 7.05 Å². The van der Waals surface area contributed by atoms with Crippen LogP contribution < -0.4 is 4.57 Å². The Balaban J connectivity index is 2.00. The highest BCUT2D eigenvalue weighted by molar-refractivity contribution is 6.15. The number of nitrogens with zero attached hydrogens (tertiary/aromatic N) is 2. The van der Waals surface area contributed by atoms with Gasteiger partial charge in [0.2, 0.25) is 5.69 Å². The molecular formula is C23H19N2O+. The zero-order valence-electron chi connectivity index (χ0n) is 15.1. The lowest BCUT2D eigenvalue weighted by atomic mass is 10.0. The Morgan fingerprint density at radius 3 is 2.38 bits per heavy atom. The first-order chi connectivity index (χ1) is 12.6. The zero-order valence-corrected chi connectivity index (χ0v) is 15.1. The van der Waals surface area contributed by atoms with Crippen LogP contribution in [0.1, 0.15) is 11.3 Å². The maximum atomic E-state index is 6.47. The molecule has 0 spiro atoms. The van der Waals surface area contributed by atoms with E-state index in [-0.39, 0.29) is 0 Å². The maximum absolute atomic E-state index is 6.47. The molecule has 0 saturated carbocycles. The smallest absolute Gasteiger partial charge is 0.216 e. The standard InChI is InChI=1S/C23H19N2O/c1-14-11-12-18-21-23(17-9-5-4-8-16(17)15(2)24-21)26-22(18)20(14)19-10-6-7-13-25(19)3/h4-13H,1-3H3/q+1. The number of rotatable bonds is 1. The molecule has 2 aromatic carbocycles. The van der Waals surface area contributed by atoms with Gasteiger partial charge < -0.3 is 4.42 Å². The molecule has 5 aromatic rings. The van der Waals surface area contributed by atoms with Gasteiger partial charge in [0.25, 0.3) is 0 Å². The molecule has 0 unspecified atom stereocenters. The van der Waals surface area contributed by atoms with Gasteiger partial charge in [-0.2, -0.15) is 0 Å². The monoisotopic (exact) mass is 339 g/mol. The van der Waals surface area contributed by atoms with Crippen molar-refractivity contribution in [1.29, 1.82) is 0 Å². The number of aromatic nitrogens is 2. The number of furan rings is 1. The summed E-state index contributed by atoms with van der Waals surface area (Å²) in [5, 5.41) is 3.33. The number of pyridine rings is 2. The molecule has 0 amide bonds. The number of benzene rings is 2. The normalized spacial score (nSPS) is 11.7. The molecule has 0 atom stereocenters. The summed E-state index contributed by atoms with van der Waals surface area (Å²) in [6.07, 6.45) is 2.06. The Morgan fingerprint density at radius 1 is 0.808 bits per heavy atom. The molecule has 0 aliphatic heterocycles. The molecule has 3 nitrogen and oxygen atoms in total. The van der Waals surface area contributed by atoms with E-state index in [1.807, 2.05) is 12.1 Å². The molecule has 3 aromatic heterocycles. The van der Waals surface area contributed by atoms with Gasteiger partial charge in [-0.05, 0) is 31.5 Å². The molecule has 0 bridgehead atoms. The Hall–Kier alpha value is -3.20. The van der Waals surface area contributed by atoms with Crippen molar-refractivity contribution in [3.05, 3.63) is 72.1 Å². The molecule has 0 aliphatic rings. The Morgan fingerprint density at radius 2 is 1.58 bits per heavy atom. The first-order valence-electron chi connectivity index (χ1n) is 8.81. The van der Waals surface area contributed by atoms with Gasteiger partial charge in [-0.25, -0.2) is 9.55 Å². The van der Waals surface area contributed by atoms with Crippen LogP contribution in [0, 0.1) is 13.8 Å². The second kappa shape index (κ2) is 5.40. The average molecular weight is 339 g/mol. The van der Waals surface area contributed by atoms with E-state index in [2.05, 4.69) is 74.1 Å². The third kappa shape index (κ3) is 2.00. The van der Waals surface area contributed by atoms with Crippen molar-refractivity contribution in [1.82, 2.24) is 4.98 Å². The van der Waals surface area contributed by atoms with Crippen molar-refractivity contribution in [2.45, 2.75) is 13.8 Å². The summed E-state index contributed by atoms with van der Waals surface area (Å²) in [7, 11) is 2.06. The van der Waals surface area contributed by atoms with Gasteiger partial charge in [0.1, 0.15) is 12.6 Å². The minimum atomic E-state index is 0.867. The van der Waals surface area contributed by atoms with Gasteiger partial charge >= 0.3 is 0 Å². The SMILES string of the molecule is Cc1ccc2c(oc3c4ccccc4c(C)nc23)c1-c1cccc[n+]1C. The summed E-state index contributed by atoms with van der Waals surface area (Å²) in [6, 6.07) is 18.8. The first kappa shape index (κ1) is 15.1. The number of fused-ring (bicyclic) bond motifs is 5. The van der Waals surface area contributed by atoms with Gasteiger partial charge in [-0.15, -0.1) is 0 Å². The number of hydrogen-bond acceptors (Lipinski definition) is 2. The summed E-state index contributed by atoms with van der Waals surface area (Å²) in [4.78, 5) is 4.88. The summed E-state index contributed by atoms with van der Waals surface area (Å²) in [6.45, 7) is 4.19. The van der Waals surface area contributed by atoms with E-state index in [4.69, 9.17) is 9.40 Å². The van der Waals surface area contributed by atoms with Gasteiger partial charge in [-0.3, -0.25) is 0 Å². The second-order valence-electron chi connectivity index (χ2n) is 6.85. The fraction of sp³-hybridized carbons (Fsp3) is 0.130. The molecule has 126 valence electrons. The predicted octanol–water partition coefficient (Wildman–Crippen LogP) is 5.24. The summed E-state index contributed by atoms with van der Waals surface area (Å²) in [5.74, 6) is 0. The molecule has 0 radical (unpaired) electrons. The molecule has 26 heavy (non-hydrogen) atoms. The molecule has 0 aliphatic carbocycles. The van der Waals surface area contributed by atoms with E-state index in [1.165, 1.54) is 5.56 Å². The lowest BCUT2D eigenvalue weighted by molar-refractivity contribution is -0.660. The highest BCUT2D eigenvalue weighted by Gasteiger charge is 2.21. The third-order valence-corrected chi connectivity index (χ3v) is 5.19. The van der Waals surface area contributed by atoms with Crippen molar-refractivity contribution >= 4 is 32.8 Å². The minimum absolute atomic E-state index is 0.867. The van der Waals surface area contributed by atoms with E-state index in [9.17, 15) is 0 Å². The van der Waals surface area contributed by atoms with Gasteiger partial charge in [0.05, 0.1) is 5.56 Å². The molecule has 0 N–H and O–H groups in total. The second-order valence-corrected chi connectivity index (χ2v) is 6.85. The van der Waals surface area contributed by atoms with Gasteiger partial charge in [0, 0.05) is 34.0 Å². The quantitative estimate of drug-likeness (QED) is 0.391. The van der Waals surface area contributed by atoms with Crippen LogP contribution in [0.15, 0.2) is 65.2 Å². The minimum Gasteiger partial charge on any atom is -0.453 e.